The second-order valence-corrected chi connectivity index (χ2v) is 8.11. The zero-order valence-electron chi connectivity index (χ0n) is 17.4. The minimum atomic E-state index is -1.21. The van der Waals surface area contributed by atoms with Gasteiger partial charge in [-0.1, -0.05) is 60.7 Å². The lowest BCUT2D eigenvalue weighted by Gasteiger charge is -2.28. The largest absolute Gasteiger partial charge is 0.389 e. The van der Waals surface area contributed by atoms with E-state index in [0.29, 0.717) is 18.6 Å². The lowest BCUT2D eigenvalue weighted by molar-refractivity contribution is -0.133. The first kappa shape index (κ1) is 21.5. The maximum atomic E-state index is 13.5. The highest BCUT2D eigenvalue weighted by atomic mass is 16.5. The summed E-state index contributed by atoms with van der Waals surface area (Å²) in [6.07, 6.45) is 1.37. The molecule has 3 atom stereocenters. The summed E-state index contributed by atoms with van der Waals surface area (Å²) in [6, 6.07) is 18.3. The van der Waals surface area contributed by atoms with Crippen molar-refractivity contribution >= 4 is 11.9 Å². The molecule has 7 nitrogen and oxygen atoms in total. The fourth-order valence-electron chi connectivity index (χ4n) is 4.21. The number of aliphatic hydroxyl groups is 1. The highest BCUT2D eigenvalue weighted by Crippen LogP contribution is 2.33. The predicted molar refractivity (Wildman–Crippen MR) is 114 cm³/mol. The Morgan fingerprint density at radius 2 is 1.84 bits per heavy atom. The zero-order valence-corrected chi connectivity index (χ0v) is 17.4. The van der Waals surface area contributed by atoms with Gasteiger partial charge in [0.2, 0.25) is 0 Å². The van der Waals surface area contributed by atoms with Crippen LogP contribution < -0.4 is 5.32 Å². The van der Waals surface area contributed by atoms with Gasteiger partial charge >= 0.3 is 6.03 Å². The summed E-state index contributed by atoms with van der Waals surface area (Å²) < 4.78 is 11.0. The molecule has 2 aromatic carbocycles. The van der Waals surface area contributed by atoms with Crippen molar-refractivity contribution < 1.29 is 24.2 Å². The number of ether oxygens (including phenoxy) is 2. The first-order valence-corrected chi connectivity index (χ1v) is 10.7. The van der Waals surface area contributed by atoms with E-state index < -0.39 is 17.7 Å². The number of hydrogen-bond acceptors (Lipinski definition) is 5. The number of carbonyl (C=O) groups is 2. The highest BCUT2D eigenvalue weighted by Gasteiger charge is 2.52. The summed E-state index contributed by atoms with van der Waals surface area (Å²) in [7, 11) is 0. The summed E-state index contributed by atoms with van der Waals surface area (Å²) in [5, 5.41) is 13.3. The molecule has 2 N–H and O–H groups in total. The Labute approximate surface area is 182 Å². The molecule has 2 aromatic rings. The fourth-order valence-corrected chi connectivity index (χ4v) is 4.21. The molecule has 2 fully saturated rings. The average molecular weight is 424 g/mol. The van der Waals surface area contributed by atoms with Crippen LogP contribution in [0, 0.1) is 0 Å². The molecule has 2 aliphatic rings. The van der Waals surface area contributed by atoms with Crippen LogP contribution >= 0.6 is 0 Å². The number of imide groups is 1. The minimum absolute atomic E-state index is 0.0357. The zero-order chi connectivity index (χ0) is 21.7. The summed E-state index contributed by atoms with van der Waals surface area (Å²) in [5.74, 6) is -0.370. The quantitative estimate of drug-likeness (QED) is 0.603. The van der Waals surface area contributed by atoms with E-state index in [-0.39, 0.29) is 25.2 Å². The van der Waals surface area contributed by atoms with Crippen LogP contribution in [0.5, 0.6) is 0 Å². The molecule has 31 heavy (non-hydrogen) atoms. The molecule has 0 spiro atoms. The molecule has 0 bridgehead atoms. The number of urea groups is 1. The summed E-state index contributed by atoms with van der Waals surface area (Å²) in [5.41, 5.74) is 0.434. The van der Waals surface area contributed by atoms with Gasteiger partial charge in [-0.05, 0) is 24.0 Å². The van der Waals surface area contributed by atoms with Crippen LogP contribution in [0.2, 0.25) is 0 Å². The number of benzene rings is 2. The monoisotopic (exact) mass is 424 g/mol. The first-order chi connectivity index (χ1) is 15.1. The second-order valence-electron chi connectivity index (χ2n) is 8.11. The van der Waals surface area contributed by atoms with Gasteiger partial charge in [-0.3, -0.25) is 9.69 Å². The molecule has 0 saturated carbocycles. The van der Waals surface area contributed by atoms with Crippen LogP contribution in [0.15, 0.2) is 60.7 Å². The number of rotatable bonds is 9. The van der Waals surface area contributed by atoms with E-state index in [9.17, 15) is 14.7 Å². The SMILES string of the molecule is O=C1N[C@](Cc2ccccc2)(c2ccccc2)C(=O)N1C[C@@H](O)COC[C@H]1CCCO1. The molecule has 0 aromatic heterocycles. The second kappa shape index (κ2) is 9.60. The van der Waals surface area contributed by atoms with E-state index in [1.807, 2.05) is 60.7 Å². The lowest BCUT2D eigenvalue weighted by Crippen LogP contribution is -2.46. The van der Waals surface area contributed by atoms with Gasteiger partial charge in [0, 0.05) is 13.0 Å². The Morgan fingerprint density at radius 1 is 1.13 bits per heavy atom. The van der Waals surface area contributed by atoms with Gasteiger partial charge < -0.3 is 19.9 Å². The molecule has 0 unspecified atom stereocenters. The average Bonchev–Trinajstić information content (AvgIpc) is 3.38. The molecule has 4 rings (SSSR count). The third-order valence-corrected chi connectivity index (χ3v) is 5.79. The van der Waals surface area contributed by atoms with Gasteiger partial charge in [0.15, 0.2) is 5.54 Å². The Kier molecular flexibility index (Phi) is 6.65. The van der Waals surface area contributed by atoms with Crippen molar-refractivity contribution in [2.45, 2.75) is 37.0 Å². The van der Waals surface area contributed by atoms with Crippen LogP contribution in [0.25, 0.3) is 0 Å². The van der Waals surface area contributed by atoms with Crippen molar-refractivity contribution in [3.8, 4) is 0 Å². The van der Waals surface area contributed by atoms with Gasteiger partial charge in [-0.25, -0.2) is 4.79 Å². The standard InChI is InChI=1S/C24H28N2O5/c27-20(16-30-17-21-12-7-13-31-21)15-26-22(28)24(25-23(26)29,19-10-5-2-6-11-19)14-18-8-3-1-4-9-18/h1-6,8-11,20-21,27H,7,12-17H2,(H,25,29)/t20-,21-,24-/m1/s1. The summed E-state index contributed by atoms with van der Waals surface area (Å²) in [6.45, 7) is 1.05. The van der Waals surface area contributed by atoms with Crippen LogP contribution in [-0.4, -0.2) is 60.5 Å². The maximum Gasteiger partial charge on any atom is 0.325 e. The normalized spacial score (nSPS) is 24.4. The summed E-state index contributed by atoms with van der Waals surface area (Å²) in [4.78, 5) is 27.4. The van der Waals surface area contributed by atoms with Crippen molar-refractivity contribution in [2.24, 2.45) is 0 Å². The summed E-state index contributed by atoms with van der Waals surface area (Å²) >= 11 is 0. The number of hydrogen-bond donors (Lipinski definition) is 2. The van der Waals surface area contributed by atoms with Crippen molar-refractivity contribution in [3.05, 3.63) is 71.8 Å². The minimum Gasteiger partial charge on any atom is -0.389 e. The van der Waals surface area contributed by atoms with Crippen molar-refractivity contribution in [3.63, 3.8) is 0 Å². The van der Waals surface area contributed by atoms with Crippen LogP contribution in [0.4, 0.5) is 4.79 Å². The Morgan fingerprint density at radius 3 is 2.52 bits per heavy atom. The number of amides is 3. The van der Waals surface area contributed by atoms with Gasteiger partial charge in [-0.2, -0.15) is 0 Å². The van der Waals surface area contributed by atoms with Crippen molar-refractivity contribution in [1.82, 2.24) is 10.2 Å². The third-order valence-electron chi connectivity index (χ3n) is 5.79. The van der Waals surface area contributed by atoms with Gasteiger partial charge in [0.1, 0.15) is 0 Å². The van der Waals surface area contributed by atoms with E-state index in [1.165, 1.54) is 0 Å². The highest BCUT2D eigenvalue weighted by molar-refractivity contribution is 6.07. The molecule has 2 saturated heterocycles. The lowest BCUT2D eigenvalue weighted by atomic mass is 9.83. The van der Waals surface area contributed by atoms with E-state index in [2.05, 4.69) is 5.32 Å². The number of nitrogens with one attached hydrogen (secondary N) is 1. The molecular weight excluding hydrogens is 396 g/mol. The Hall–Kier alpha value is -2.74. The topological polar surface area (TPSA) is 88.1 Å². The third kappa shape index (κ3) is 4.79. The maximum absolute atomic E-state index is 13.5. The molecule has 3 amide bonds. The first-order valence-electron chi connectivity index (χ1n) is 10.7. The molecular formula is C24H28N2O5. The molecule has 0 aliphatic carbocycles. The number of nitrogens with zero attached hydrogens (tertiary/aromatic N) is 1. The van der Waals surface area contributed by atoms with Crippen LogP contribution in [0.3, 0.4) is 0 Å². The van der Waals surface area contributed by atoms with E-state index in [4.69, 9.17) is 9.47 Å². The van der Waals surface area contributed by atoms with Crippen LogP contribution in [0.1, 0.15) is 24.0 Å². The Bertz CT molecular complexity index is 885. The Balaban J connectivity index is 1.47. The molecule has 2 heterocycles. The van der Waals surface area contributed by atoms with E-state index in [1.54, 1.807) is 0 Å². The van der Waals surface area contributed by atoms with Gasteiger partial charge in [-0.15, -0.1) is 0 Å². The number of carbonyl (C=O) groups excluding carboxylic acids is 2. The van der Waals surface area contributed by atoms with E-state index in [0.717, 1.165) is 29.9 Å². The van der Waals surface area contributed by atoms with E-state index >= 15 is 0 Å². The molecule has 7 heteroatoms. The number of aliphatic hydroxyl groups excluding tert-OH is 1. The van der Waals surface area contributed by atoms with Crippen molar-refractivity contribution in [2.75, 3.05) is 26.4 Å². The smallest absolute Gasteiger partial charge is 0.325 e. The van der Waals surface area contributed by atoms with Gasteiger partial charge in [0.25, 0.3) is 5.91 Å². The van der Waals surface area contributed by atoms with Gasteiger partial charge in [0.05, 0.1) is 32.0 Å². The van der Waals surface area contributed by atoms with Crippen molar-refractivity contribution in [1.29, 1.82) is 0 Å². The molecule has 0 radical (unpaired) electrons. The van der Waals surface area contributed by atoms with Crippen LogP contribution in [-0.2, 0) is 26.2 Å². The predicted octanol–water partition coefficient (Wildman–Crippen LogP) is 2.23. The molecule has 2 aliphatic heterocycles. The fraction of sp³-hybridized carbons (Fsp3) is 0.417. The molecule has 164 valence electrons. The number of β-amino-alcohol motifs (C(OH)–C–C–N with tert-alkyl or cyclic N) is 1.